The molecule has 0 spiro atoms. The summed E-state index contributed by atoms with van der Waals surface area (Å²) < 4.78 is 27.1. The molecule has 1 unspecified atom stereocenters. The van der Waals surface area contributed by atoms with E-state index in [0.717, 1.165) is 41.8 Å². The zero-order valence-electron chi connectivity index (χ0n) is 20.3. The van der Waals surface area contributed by atoms with Gasteiger partial charge in [0.15, 0.2) is 0 Å². The maximum Gasteiger partial charge on any atom is 0.244 e. The molecular weight excluding hydrogens is 530 g/mol. The first-order chi connectivity index (χ1) is 16.7. The Morgan fingerprint density at radius 1 is 1.06 bits per heavy atom. The number of sulfonamides is 1. The summed E-state index contributed by atoms with van der Waals surface area (Å²) >= 11 is 3.37. The van der Waals surface area contributed by atoms with Crippen LogP contribution >= 0.6 is 15.9 Å². The Morgan fingerprint density at radius 2 is 1.74 bits per heavy atom. The van der Waals surface area contributed by atoms with Crippen LogP contribution in [-0.4, -0.2) is 50.0 Å². The van der Waals surface area contributed by atoms with Crippen molar-refractivity contribution in [3.05, 3.63) is 64.6 Å². The van der Waals surface area contributed by atoms with Gasteiger partial charge in [-0.25, -0.2) is 8.42 Å². The Kier molecular flexibility index (Phi) is 9.74. The zero-order valence-corrected chi connectivity index (χ0v) is 22.7. The van der Waals surface area contributed by atoms with E-state index in [-0.39, 0.29) is 18.5 Å². The van der Waals surface area contributed by atoms with Gasteiger partial charge in [0.25, 0.3) is 0 Å². The molecular formula is C26H34BrN3O4S. The van der Waals surface area contributed by atoms with Crippen molar-refractivity contribution in [2.24, 2.45) is 0 Å². The molecule has 1 N–H and O–H groups in total. The van der Waals surface area contributed by atoms with Gasteiger partial charge in [0.05, 0.1) is 11.9 Å². The third-order valence-electron chi connectivity index (χ3n) is 6.31. The lowest BCUT2D eigenvalue weighted by Crippen LogP contribution is -2.53. The van der Waals surface area contributed by atoms with E-state index in [1.165, 1.54) is 11.3 Å². The van der Waals surface area contributed by atoms with Crippen molar-refractivity contribution < 1.29 is 18.0 Å². The highest BCUT2D eigenvalue weighted by Gasteiger charge is 2.32. The third-order valence-corrected chi connectivity index (χ3v) is 7.94. The molecule has 0 saturated heterocycles. The summed E-state index contributed by atoms with van der Waals surface area (Å²) in [6.45, 7) is 1.70. The summed E-state index contributed by atoms with van der Waals surface area (Å²) in [4.78, 5) is 28.5. The molecule has 9 heteroatoms. The second-order valence-corrected chi connectivity index (χ2v) is 11.8. The second-order valence-electron chi connectivity index (χ2n) is 9.02. The van der Waals surface area contributed by atoms with Crippen LogP contribution in [0.15, 0.2) is 59.1 Å². The lowest BCUT2D eigenvalue weighted by atomic mass is 9.95. The normalized spacial score (nSPS) is 15.3. The van der Waals surface area contributed by atoms with Crippen molar-refractivity contribution in [3.8, 4) is 0 Å². The lowest BCUT2D eigenvalue weighted by Gasteiger charge is -2.34. The predicted molar refractivity (Wildman–Crippen MR) is 142 cm³/mol. The topological polar surface area (TPSA) is 86.8 Å². The summed E-state index contributed by atoms with van der Waals surface area (Å²) in [6, 6.07) is 15.7. The van der Waals surface area contributed by atoms with E-state index >= 15 is 0 Å². The molecule has 2 aromatic rings. The second kappa shape index (κ2) is 12.5. The van der Waals surface area contributed by atoms with Crippen molar-refractivity contribution in [2.45, 2.75) is 64.1 Å². The Morgan fingerprint density at radius 3 is 2.34 bits per heavy atom. The molecule has 35 heavy (non-hydrogen) atoms. The SMILES string of the molecule is CCC(C(=O)NC1CCCCC1)N(Cc1ccccc1)C(=O)CN(c1cccc(Br)c1)S(C)(=O)=O. The number of amides is 2. The van der Waals surface area contributed by atoms with Gasteiger partial charge in [-0.2, -0.15) is 0 Å². The molecule has 0 heterocycles. The van der Waals surface area contributed by atoms with Gasteiger partial charge >= 0.3 is 0 Å². The van der Waals surface area contributed by atoms with Crippen LogP contribution in [0.25, 0.3) is 0 Å². The van der Waals surface area contributed by atoms with Crippen molar-refractivity contribution in [1.82, 2.24) is 10.2 Å². The van der Waals surface area contributed by atoms with Crippen LogP contribution in [0.4, 0.5) is 5.69 Å². The van der Waals surface area contributed by atoms with E-state index in [1.807, 2.05) is 37.3 Å². The van der Waals surface area contributed by atoms with Crippen molar-refractivity contribution >= 4 is 43.5 Å². The first kappa shape index (κ1) is 27.2. The maximum absolute atomic E-state index is 13.7. The largest absolute Gasteiger partial charge is 0.352 e. The Bertz CT molecular complexity index is 1100. The molecule has 3 rings (SSSR count). The molecule has 0 bridgehead atoms. The number of rotatable bonds is 10. The molecule has 1 aliphatic carbocycles. The quantitative estimate of drug-likeness (QED) is 0.462. The molecule has 2 aromatic carbocycles. The standard InChI is InChI=1S/C26H34BrN3O4S/c1-3-24(26(32)28-22-14-8-5-9-15-22)29(18-20-11-6-4-7-12-20)25(31)19-30(35(2,33)34)23-16-10-13-21(27)17-23/h4,6-7,10-13,16-17,22,24H,3,5,8-9,14-15,18-19H2,1-2H3,(H,28,32). The van der Waals surface area contributed by atoms with Crippen LogP contribution < -0.4 is 9.62 Å². The number of hydrogen-bond acceptors (Lipinski definition) is 4. The molecule has 2 amide bonds. The van der Waals surface area contributed by atoms with Gasteiger partial charge in [-0.1, -0.05) is 78.5 Å². The van der Waals surface area contributed by atoms with E-state index in [4.69, 9.17) is 0 Å². The third kappa shape index (κ3) is 7.80. The van der Waals surface area contributed by atoms with E-state index < -0.39 is 28.5 Å². The monoisotopic (exact) mass is 563 g/mol. The van der Waals surface area contributed by atoms with Gasteiger partial charge in [-0.05, 0) is 43.0 Å². The number of nitrogens with zero attached hydrogens (tertiary/aromatic N) is 2. The first-order valence-corrected chi connectivity index (χ1v) is 14.7. The van der Waals surface area contributed by atoms with Gasteiger partial charge in [-0.3, -0.25) is 13.9 Å². The fourth-order valence-electron chi connectivity index (χ4n) is 4.49. The van der Waals surface area contributed by atoms with Gasteiger partial charge in [-0.15, -0.1) is 0 Å². The number of carbonyl (C=O) groups excluding carboxylic acids is 2. The van der Waals surface area contributed by atoms with Crippen molar-refractivity contribution in [2.75, 3.05) is 17.1 Å². The summed E-state index contributed by atoms with van der Waals surface area (Å²) in [5.41, 5.74) is 1.26. The van der Waals surface area contributed by atoms with Crippen LogP contribution in [-0.2, 0) is 26.2 Å². The fraction of sp³-hybridized carbons (Fsp3) is 0.462. The number of anilines is 1. The smallest absolute Gasteiger partial charge is 0.244 e. The lowest BCUT2D eigenvalue weighted by molar-refractivity contribution is -0.140. The molecule has 1 saturated carbocycles. The average molecular weight is 565 g/mol. The number of nitrogens with one attached hydrogen (secondary N) is 1. The van der Waals surface area contributed by atoms with E-state index in [2.05, 4.69) is 21.2 Å². The molecule has 0 radical (unpaired) electrons. The van der Waals surface area contributed by atoms with Crippen LogP contribution in [0.1, 0.15) is 51.0 Å². The van der Waals surface area contributed by atoms with Gasteiger partial charge in [0, 0.05) is 17.1 Å². The van der Waals surface area contributed by atoms with Gasteiger partial charge in [0.1, 0.15) is 12.6 Å². The molecule has 0 aromatic heterocycles. The molecule has 1 aliphatic rings. The first-order valence-electron chi connectivity index (χ1n) is 12.1. The minimum Gasteiger partial charge on any atom is -0.352 e. The molecule has 0 aliphatic heterocycles. The number of hydrogen-bond donors (Lipinski definition) is 1. The van der Waals surface area contributed by atoms with Crippen LogP contribution in [0, 0.1) is 0 Å². The Balaban J connectivity index is 1.89. The average Bonchev–Trinajstić information content (AvgIpc) is 2.82. The van der Waals surface area contributed by atoms with Gasteiger partial charge in [0.2, 0.25) is 21.8 Å². The minimum absolute atomic E-state index is 0.119. The highest BCUT2D eigenvalue weighted by atomic mass is 79.9. The summed E-state index contributed by atoms with van der Waals surface area (Å²) in [5, 5.41) is 3.14. The number of benzene rings is 2. The minimum atomic E-state index is -3.75. The van der Waals surface area contributed by atoms with E-state index in [9.17, 15) is 18.0 Å². The Labute approximate surface area is 217 Å². The molecule has 7 nitrogen and oxygen atoms in total. The summed E-state index contributed by atoms with van der Waals surface area (Å²) in [5.74, 6) is -0.609. The summed E-state index contributed by atoms with van der Waals surface area (Å²) in [7, 11) is -3.75. The summed E-state index contributed by atoms with van der Waals surface area (Å²) in [6.07, 6.45) is 6.75. The highest BCUT2D eigenvalue weighted by Crippen LogP contribution is 2.23. The van der Waals surface area contributed by atoms with E-state index in [0.29, 0.717) is 16.6 Å². The predicted octanol–water partition coefficient (Wildman–Crippen LogP) is 4.47. The zero-order chi connectivity index (χ0) is 25.4. The van der Waals surface area contributed by atoms with Gasteiger partial charge < -0.3 is 10.2 Å². The van der Waals surface area contributed by atoms with Crippen LogP contribution in [0.5, 0.6) is 0 Å². The van der Waals surface area contributed by atoms with Crippen molar-refractivity contribution in [3.63, 3.8) is 0 Å². The fourth-order valence-corrected chi connectivity index (χ4v) is 5.72. The number of carbonyl (C=O) groups is 2. The van der Waals surface area contributed by atoms with Crippen LogP contribution in [0.3, 0.4) is 0 Å². The Hall–Kier alpha value is -2.39. The highest BCUT2D eigenvalue weighted by molar-refractivity contribution is 9.10. The molecule has 1 atom stereocenters. The maximum atomic E-state index is 13.7. The number of halogens is 1. The van der Waals surface area contributed by atoms with E-state index in [1.54, 1.807) is 24.3 Å². The van der Waals surface area contributed by atoms with Crippen LogP contribution in [0.2, 0.25) is 0 Å². The molecule has 1 fully saturated rings. The van der Waals surface area contributed by atoms with Crippen molar-refractivity contribution in [1.29, 1.82) is 0 Å². The molecule has 190 valence electrons.